The van der Waals surface area contributed by atoms with Gasteiger partial charge in [-0.2, -0.15) is 0 Å². The molecule has 1 aliphatic heterocycles. The second-order valence-corrected chi connectivity index (χ2v) is 3.25. The summed E-state index contributed by atoms with van der Waals surface area (Å²) in [6, 6.07) is 2.71. The molecular formula is C10H9F2NO2. The number of hydrogen-bond donors (Lipinski definition) is 0. The number of amides is 1. The molecule has 0 atom stereocenters. The van der Waals surface area contributed by atoms with E-state index in [1.165, 1.54) is 0 Å². The largest absolute Gasteiger partial charge is 0.277 e. The number of rotatable bonds is 1. The maximum absolute atomic E-state index is 12.8. The van der Waals surface area contributed by atoms with Crippen molar-refractivity contribution >= 4 is 5.91 Å². The molecule has 15 heavy (non-hydrogen) atoms. The second kappa shape index (κ2) is 3.94. The first kappa shape index (κ1) is 10.0. The lowest BCUT2D eigenvalue weighted by molar-refractivity contribution is -0.0768. The van der Waals surface area contributed by atoms with E-state index in [2.05, 4.69) is 0 Å². The minimum absolute atomic E-state index is 0.0330. The van der Waals surface area contributed by atoms with Crippen molar-refractivity contribution in [3.05, 3.63) is 35.4 Å². The number of hydrogen-bond acceptors (Lipinski definition) is 2. The van der Waals surface area contributed by atoms with Crippen LogP contribution in [-0.2, 0) is 4.84 Å². The Morgan fingerprint density at radius 2 is 1.93 bits per heavy atom. The van der Waals surface area contributed by atoms with E-state index in [9.17, 15) is 13.6 Å². The van der Waals surface area contributed by atoms with Crippen LogP contribution < -0.4 is 0 Å². The molecule has 0 saturated carbocycles. The highest BCUT2D eigenvalue weighted by molar-refractivity contribution is 5.93. The summed E-state index contributed by atoms with van der Waals surface area (Å²) >= 11 is 0. The zero-order chi connectivity index (χ0) is 10.8. The molecular weight excluding hydrogens is 204 g/mol. The SMILES string of the molecule is O=C(c1cc(F)cc(F)c1)N1CCCO1. The van der Waals surface area contributed by atoms with E-state index in [1.54, 1.807) is 0 Å². The standard InChI is InChI=1S/C10H9F2NO2/c11-8-4-7(5-9(12)6-8)10(14)13-2-1-3-15-13/h4-6H,1-3H2. The van der Waals surface area contributed by atoms with Gasteiger partial charge in [-0.15, -0.1) is 0 Å². The lowest BCUT2D eigenvalue weighted by Gasteiger charge is -2.13. The first-order chi connectivity index (χ1) is 7.16. The molecule has 0 bridgehead atoms. The van der Waals surface area contributed by atoms with Crippen molar-refractivity contribution in [3.8, 4) is 0 Å². The first-order valence-electron chi connectivity index (χ1n) is 4.58. The van der Waals surface area contributed by atoms with Crippen molar-refractivity contribution in [3.63, 3.8) is 0 Å². The topological polar surface area (TPSA) is 29.5 Å². The normalized spacial score (nSPS) is 15.7. The van der Waals surface area contributed by atoms with Gasteiger partial charge in [-0.1, -0.05) is 0 Å². The fourth-order valence-corrected chi connectivity index (χ4v) is 1.43. The Kier molecular flexibility index (Phi) is 2.64. The van der Waals surface area contributed by atoms with Crippen molar-refractivity contribution in [2.24, 2.45) is 0 Å². The average Bonchev–Trinajstić information content (AvgIpc) is 2.67. The highest BCUT2D eigenvalue weighted by Crippen LogP contribution is 2.13. The molecule has 1 aromatic rings. The minimum Gasteiger partial charge on any atom is -0.271 e. The van der Waals surface area contributed by atoms with Crippen LogP contribution in [0.4, 0.5) is 8.78 Å². The van der Waals surface area contributed by atoms with E-state index in [1.807, 2.05) is 0 Å². The molecule has 0 spiro atoms. The zero-order valence-electron chi connectivity index (χ0n) is 7.87. The van der Waals surface area contributed by atoms with Crippen molar-refractivity contribution in [2.45, 2.75) is 6.42 Å². The first-order valence-corrected chi connectivity index (χ1v) is 4.58. The molecule has 0 unspecified atom stereocenters. The van der Waals surface area contributed by atoms with Gasteiger partial charge in [0.1, 0.15) is 11.6 Å². The number of carbonyl (C=O) groups excluding carboxylic acids is 1. The third-order valence-corrected chi connectivity index (χ3v) is 2.09. The summed E-state index contributed by atoms with van der Waals surface area (Å²) in [5.41, 5.74) is -0.0330. The van der Waals surface area contributed by atoms with E-state index in [4.69, 9.17) is 4.84 Å². The van der Waals surface area contributed by atoms with E-state index in [-0.39, 0.29) is 5.56 Å². The van der Waals surface area contributed by atoms with E-state index >= 15 is 0 Å². The molecule has 1 saturated heterocycles. The van der Waals surface area contributed by atoms with Gasteiger partial charge in [0, 0.05) is 11.6 Å². The Bertz CT molecular complexity index is 369. The third-order valence-electron chi connectivity index (χ3n) is 2.09. The summed E-state index contributed by atoms with van der Waals surface area (Å²) in [5, 5.41) is 1.12. The average molecular weight is 213 g/mol. The van der Waals surface area contributed by atoms with Gasteiger partial charge in [0.15, 0.2) is 0 Å². The predicted octanol–water partition coefficient (Wildman–Crippen LogP) is 1.74. The molecule has 1 heterocycles. The molecule has 3 nitrogen and oxygen atoms in total. The Morgan fingerprint density at radius 3 is 2.47 bits per heavy atom. The summed E-state index contributed by atoms with van der Waals surface area (Å²) in [4.78, 5) is 16.6. The summed E-state index contributed by atoms with van der Waals surface area (Å²) in [5.74, 6) is -2.04. The molecule has 0 aromatic heterocycles. The summed E-state index contributed by atoms with van der Waals surface area (Å²) in [6.07, 6.45) is 0.740. The summed E-state index contributed by atoms with van der Waals surface area (Å²) < 4.78 is 25.6. The van der Waals surface area contributed by atoms with Crippen LogP contribution in [0.2, 0.25) is 0 Å². The van der Waals surface area contributed by atoms with Crippen LogP contribution >= 0.6 is 0 Å². The Balaban J connectivity index is 2.24. The number of nitrogens with zero attached hydrogens (tertiary/aromatic N) is 1. The van der Waals surface area contributed by atoms with Gasteiger partial charge in [0.25, 0.3) is 5.91 Å². The number of carbonyl (C=O) groups is 1. The third kappa shape index (κ3) is 2.12. The fraction of sp³-hybridized carbons (Fsp3) is 0.300. The van der Waals surface area contributed by atoms with Crippen LogP contribution in [0.1, 0.15) is 16.8 Å². The van der Waals surface area contributed by atoms with Crippen molar-refractivity contribution in [1.82, 2.24) is 5.06 Å². The molecule has 0 N–H and O–H groups in total. The number of benzene rings is 1. The molecule has 0 radical (unpaired) electrons. The van der Waals surface area contributed by atoms with Gasteiger partial charge < -0.3 is 0 Å². The quantitative estimate of drug-likeness (QED) is 0.711. The van der Waals surface area contributed by atoms with Gasteiger partial charge in [-0.3, -0.25) is 9.63 Å². The van der Waals surface area contributed by atoms with Gasteiger partial charge in [0.05, 0.1) is 13.2 Å². The lowest BCUT2D eigenvalue weighted by Crippen LogP contribution is -2.26. The van der Waals surface area contributed by atoms with Crippen molar-refractivity contribution < 1.29 is 18.4 Å². The Hall–Kier alpha value is -1.49. The zero-order valence-corrected chi connectivity index (χ0v) is 7.87. The highest BCUT2D eigenvalue weighted by atomic mass is 19.1. The van der Waals surface area contributed by atoms with E-state index in [0.717, 1.165) is 29.7 Å². The molecule has 1 fully saturated rings. The Morgan fingerprint density at radius 1 is 1.27 bits per heavy atom. The van der Waals surface area contributed by atoms with Crippen LogP contribution in [0.3, 0.4) is 0 Å². The molecule has 1 aromatic carbocycles. The van der Waals surface area contributed by atoms with Crippen molar-refractivity contribution in [1.29, 1.82) is 0 Å². The number of hydroxylamine groups is 2. The van der Waals surface area contributed by atoms with Gasteiger partial charge in [0.2, 0.25) is 0 Å². The lowest BCUT2D eigenvalue weighted by atomic mass is 10.2. The van der Waals surface area contributed by atoms with Crippen LogP contribution in [0.5, 0.6) is 0 Å². The van der Waals surface area contributed by atoms with Gasteiger partial charge in [-0.25, -0.2) is 13.8 Å². The maximum atomic E-state index is 12.8. The molecule has 1 amide bonds. The molecule has 1 aliphatic rings. The molecule has 5 heteroatoms. The highest BCUT2D eigenvalue weighted by Gasteiger charge is 2.21. The predicted molar refractivity (Wildman–Crippen MR) is 48.0 cm³/mol. The molecule has 2 rings (SSSR count). The number of halogens is 2. The second-order valence-electron chi connectivity index (χ2n) is 3.25. The minimum atomic E-state index is -0.766. The van der Waals surface area contributed by atoms with Gasteiger partial charge in [-0.05, 0) is 18.6 Å². The van der Waals surface area contributed by atoms with Crippen LogP contribution in [-0.4, -0.2) is 24.1 Å². The maximum Gasteiger partial charge on any atom is 0.277 e. The van der Waals surface area contributed by atoms with E-state index < -0.39 is 17.5 Å². The summed E-state index contributed by atoms with van der Waals surface area (Å²) in [6.45, 7) is 0.917. The van der Waals surface area contributed by atoms with Gasteiger partial charge >= 0.3 is 0 Å². The summed E-state index contributed by atoms with van der Waals surface area (Å²) in [7, 11) is 0. The van der Waals surface area contributed by atoms with Crippen LogP contribution in [0, 0.1) is 11.6 Å². The van der Waals surface area contributed by atoms with Crippen molar-refractivity contribution in [2.75, 3.05) is 13.2 Å². The molecule has 80 valence electrons. The van der Waals surface area contributed by atoms with E-state index in [0.29, 0.717) is 13.2 Å². The van der Waals surface area contributed by atoms with Crippen LogP contribution in [0.15, 0.2) is 18.2 Å². The molecule has 0 aliphatic carbocycles. The fourth-order valence-electron chi connectivity index (χ4n) is 1.43. The Labute approximate surface area is 85.2 Å². The van der Waals surface area contributed by atoms with Crippen LogP contribution in [0.25, 0.3) is 0 Å². The smallest absolute Gasteiger partial charge is 0.271 e. The monoisotopic (exact) mass is 213 g/mol.